The Bertz CT molecular complexity index is 1310. The monoisotopic (exact) mass is 528 g/mol. The molecule has 1 fully saturated rings. The molecular formula is C32H36N2O5. The van der Waals surface area contributed by atoms with Crippen LogP contribution in [0.2, 0.25) is 0 Å². The molecule has 3 aromatic rings. The maximum absolute atomic E-state index is 13.2. The molecule has 4 rings (SSSR count). The van der Waals surface area contributed by atoms with Gasteiger partial charge in [0.1, 0.15) is 23.9 Å². The van der Waals surface area contributed by atoms with E-state index in [0.29, 0.717) is 36.4 Å². The van der Waals surface area contributed by atoms with Crippen LogP contribution in [0.1, 0.15) is 48.6 Å². The normalized spacial score (nSPS) is 16.7. The zero-order valence-corrected chi connectivity index (χ0v) is 22.8. The van der Waals surface area contributed by atoms with Crippen molar-refractivity contribution < 1.29 is 24.5 Å². The van der Waals surface area contributed by atoms with Gasteiger partial charge in [-0.3, -0.25) is 9.59 Å². The van der Waals surface area contributed by atoms with Gasteiger partial charge < -0.3 is 24.7 Å². The molecule has 0 radical (unpaired) electrons. The lowest BCUT2D eigenvalue weighted by Gasteiger charge is -2.26. The fraction of sp³-hybridized carbons (Fsp3) is 0.312. The van der Waals surface area contributed by atoms with Crippen LogP contribution in [0, 0.1) is 6.92 Å². The number of hydrogen-bond acceptors (Lipinski definition) is 6. The Morgan fingerprint density at radius 3 is 2.18 bits per heavy atom. The molecule has 39 heavy (non-hydrogen) atoms. The average Bonchev–Trinajstić information content (AvgIpc) is 3.20. The summed E-state index contributed by atoms with van der Waals surface area (Å²) in [6, 6.07) is 20.6. The van der Waals surface area contributed by atoms with Crippen LogP contribution in [-0.2, 0) is 16.2 Å². The van der Waals surface area contributed by atoms with Gasteiger partial charge in [-0.1, -0.05) is 55.8 Å². The minimum absolute atomic E-state index is 0.0434. The fourth-order valence-electron chi connectivity index (χ4n) is 4.83. The number of likely N-dealkylation sites (tertiary alicyclic amines) is 1. The van der Waals surface area contributed by atoms with E-state index in [-0.39, 0.29) is 17.1 Å². The highest BCUT2D eigenvalue weighted by molar-refractivity contribution is 6.46. The predicted octanol–water partition coefficient (Wildman–Crippen LogP) is 5.43. The molecule has 1 heterocycles. The van der Waals surface area contributed by atoms with Crippen molar-refractivity contribution in [3.63, 3.8) is 0 Å². The quantitative estimate of drug-likeness (QED) is 0.196. The Balaban J connectivity index is 1.60. The second-order valence-electron chi connectivity index (χ2n) is 9.76. The van der Waals surface area contributed by atoms with Gasteiger partial charge in [0.2, 0.25) is 0 Å². The molecule has 7 heteroatoms. The molecule has 0 saturated carbocycles. The first-order valence-corrected chi connectivity index (χ1v) is 13.4. The van der Waals surface area contributed by atoms with Crippen LogP contribution >= 0.6 is 0 Å². The van der Waals surface area contributed by atoms with Gasteiger partial charge in [-0.05, 0) is 80.5 Å². The summed E-state index contributed by atoms with van der Waals surface area (Å²) < 4.78 is 5.88. The number of amides is 1. The Kier molecular flexibility index (Phi) is 9.04. The van der Waals surface area contributed by atoms with Crippen LogP contribution in [0.3, 0.4) is 0 Å². The highest BCUT2D eigenvalue weighted by Crippen LogP contribution is 2.40. The number of aromatic hydroxyl groups is 1. The number of benzene rings is 3. The second kappa shape index (κ2) is 12.6. The lowest BCUT2D eigenvalue weighted by atomic mass is 9.95. The Hall–Kier alpha value is -4.10. The van der Waals surface area contributed by atoms with Gasteiger partial charge in [0.05, 0.1) is 11.6 Å². The Labute approximate surface area is 230 Å². The van der Waals surface area contributed by atoms with Gasteiger partial charge in [0, 0.05) is 12.1 Å². The van der Waals surface area contributed by atoms with E-state index in [1.165, 1.54) is 22.6 Å². The standard InChI is InChI=1S/C32H36N2O5/c1-4-33(5-2)19-6-20-34-29(24-11-15-26(35)16-12-24)28(31(37)32(34)38)30(36)25-13-17-27(18-14-25)39-21-23-9-7-22(3)8-10-23/h7-18,29,35-36H,4-6,19-21H2,1-3H3/t29-/m1/s1. The van der Waals surface area contributed by atoms with E-state index >= 15 is 0 Å². The molecule has 7 nitrogen and oxygen atoms in total. The first kappa shape index (κ1) is 27.9. The number of ketones is 1. The molecule has 1 atom stereocenters. The molecule has 2 N–H and O–H groups in total. The minimum Gasteiger partial charge on any atom is -0.508 e. The van der Waals surface area contributed by atoms with Gasteiger partial charge in [0.25, 0.3) is 11.7 Å². The maximum Gasteiger partial charge on any atom is 0.295 e. The van der Waals surface area contributed by atoms with Gasteiger partial charge in [-0.15, -0.1) is 0 Å². The number of ether oxygens (including phenoxy) is 1. The summed E-state index contributed by atoms with van der Waals surface area (Å²) >= 11 is 0. The van der Waals surface area contributed by atoms with E-state index in [9.17, 15) is 19.8 Å². The summed E-state index contributed by atoms with van der Waals surface area (Å²) in [4.78, 5) is 30.2. The molecule has 1 amide bonds. The molecule has 3 aromatic carbocycles. The van der Waals surface area contributed by atoms with E-state index < -0.39 is 17.7 Å². The van der Waals surface area contributed by atoms with Crippen molar-refractivity contribution in [3.8, 4) is 11.5 Å². The van der Waals surface area contributed by atoms with Crippen molar-refractivity contribution in [1.29, 1.82) is 0 Å². The molecule has 1 saturated heterocycles. The average molecular weight is 529 g/mol. The molecule has 0 spiro atoms. The second-order valence-corrected chi connectivity index (χ2v) is 9.76. The number of hydrogen-bond donors (Lipinski definition) is 2. The van der Waals surface area contributed by atoms with Crippen LogP contribution in [-0.4, -0.2) is 57.9 Å². The van der Waals surface area contributed by atoms with Crippen molar-refractivity contribution in [3.05, 3.63) is 101 Å². The third kappa shape index (κ3) is 6.49. The fourth-order valence-corrected chi connectivity index (χ4v) is 4.83. The lowest BCUT2D eigenvalue weighted by Crippen LogP contribution is -2.33. The zero-order chi connectivity index (χ0) is 27.9. The molecule has 0 unspecified atom stereocenters. The van der Waals surface area contributed by atoms with Gasteiger partial charge in [-0.2, -0.15) is 0 Å². The van der Waals surface area contributed by atoms with Crippen molar-refractivity contribution in [1.82, 2.24) is 9.80 Å². The number of aliphatic hydroxyl groups is 1. The Morgan fingerprint density at radius 1 is 0.923 bits per heavy atom. The molecular weight excluding hydrogens is 492 g/mol. The van der Waals surface area contributed by atoms with E-state index in [4.69, 9.17) is 4.74 Å². The zero-order valence-electron chi connectivity index (χ0n) is 22.8. The summed E-state index contributed by atoms with van der Waals surface area (Å²) in [5.41, 5.74) is 3.33. The first-order valence-electron chi connectivity index (χ1n) is 13.4. The molecule has 0 aromatic heterocycles. The number of phenolic OH excluding ortho intramolecular Hbond substituents is 1. The van der Waals surface area contributed by atoms with Crippen LogP contribution in [0.25, 0.3) is 5.76 Å². The van der Waals surface area contributed by atoms with Gasteiger partial charge in [-0.25, -0.2) is 0 Å². The van der Waals surface area contributed by atoms with Crippen LogP contribution < -0.4 is 4.74 Å². The minimum atomic E-state index is -0.750. The largest absolute Gasteiger partial charge is 0.508 e. The number of carbonyl (C=O) groups is 2. The highest BCUT2D eigenvalue weighted by Gasteiger charge is 2.45. The van der Waals surface area contributed by atoms with E-state index in [0.717, 1.165) is 25.2 Å². The third-order valence-electron chi connectivity index (χ3n) is 7.17. The van der Waals surface area contributed by atoms with Crippen molar-refractivity contribution in [2.75, 3.05) is 26.2 Å². The number of aryl methyl sites for hydroxylation is 1. The van der Waals surface area contributed by atoms with Crippen LogP contribution in [0.15, 0.2) is 78.4 Å². The molecule has 0 aliphatic carbocycles. The van der Waals surface area contributed by atoms with Crippen molar-refractivity contribution in [2.24, 2.45) is 0 Å². The molecule has 1 aliphatic heterocycles. The predicted molar refractivity (Wildman–Crippen MR) is 151 cm³/mol. The first-order chi connectivity index (χ1) is 18.8. The van der Waals surface area contributed by atoms with E-state index in [2.05, 4.69) is 18.7 Å². The summed E-state index contributed by atoms with van der Waals surface area (Å²) in [5.74, 6) is -0.874. The SMILES string of the molecule is CCN(CC)CCCN1C(=O)C(=O)C(=C(O)c2ccc(OCc3ccc(C)cc3)cc2)[C@H]1c1ccc(O)cc1. The summed E-state index contributed by atoms with van der Waals surface area (Å²) in [6.45, 7) is 9.59. The number of nitrogens with zero attached hydrogens (tertiary/aromatic N) is 2. The Morgan fingerprint density at radius 2 is 1.56 bits per heavy atom. The van der Waals surface area contributed by atoms with E-state index in [1.54, 1.807) is 36.4 Å². The number of carbonyl (C=O) groups excluding carboxylic acids is 2. The summed E-state index contributed by atoms with van der Waals surface area (Å²) in [5, 5.41) is 21.1. The van der Waals surface area contributed by atoms with Gasteiger partial charge >= 0.3 is 0 Å². The number of rotatable bonds is 11. The van der Waals surface area contributed by atoms with Crippen LogP contribution in [0.4, 0.5) is 0 Å². The summed E-state index contributed by atoms with van der Waals surface area (Å²) in [7, 11) is 0. The highest BCUT2D eigenvalue weighted by atomic mass is 16.5. The smallest absolute Gasteiger partial charge is 0.295 e. The topological polar surface area (TPSA) is 90.3 Å². The molecule has 1 aliphatic rings. The molecule has 0 bridgehead atoms. The number of phenols is 1. The van der Waals surface area contributed by atoms with Gasteiger partial charge in [0.15, 0.2) is 0 Å². The summed E-state index contributed by atoms with van der Waals surface area (Å²) in [6.07, 6.45) is 0.691. The maximum atomic E-state index is 13.2. The third-order valence-corrected chi connectivity index (χ3v) is 7.17. The van der Waals surface area contributed by atoms with E-state index in [1.807, 2.05) is 31.2 Å². The lowest BCUT2D eigenvalue weighted by molar-refractivity contribution is -0.140. The number of aliphatic hydroxyl groups excluding tert-OH is 1. The molecule has 204 valence electrons. The number of Topliss-reactive ketones (excluding diaryl/α,β-unsaturated/α-hetero) is 1. The van der Waals surface area contributed by atoms with Crippen LogP contribution in [0.5, 0.6) is 11.5 Å². The van der Waals surface area contributed by atoms with Crippen molar-refractivity contribution in [2.45, 2.75) is 39.8 Å². The van der Waals surface area contributed by atoms with Crippen molar-refractivity contribution >= 4 is 17.4 Å².